The fourth-order valence-electron chi connectivity index (χ4n) is 1.18. The van der Waals surface area contributed by atoms with Crippen LogP contribution in [0.2, 0.25) is 0 Å². The molecule has 0 aromatic carbocycles. The van der Waals surface area contributed by atoms with E-state index in [1.807, 2.05) is 12.3 Å². The Balaban J connectivity index is 4.20. The average molecular weight is 206 g/mol. The highest BCUT2D eigenvalue weighted by molar-refractivity contribution is 5.24. The standard InChI is InChI=1S/C13H22N2/c1-6-15(7-2)10-12(4)11(3)8-9-13(5)14/h6,8-9,12H,1,3,5,7,10,14H2,2,4H3/b9-8-. The molecule has 1 atom stereocenters. The highest BCUT2D eigenvalue weighted by Gasteiger charge is 2.06. The molecule has 0 bridgehead atoms. The monoisotopic (exact) mass is 206 g/mol. The summed E-state index contributed by atoms with van der Waals surface area (Å²) in [4.78, 5) is 2.15. The van der Waals surface area contributed by atoms with Crippen molar-refractivity contribution in [2.45, 2.75) is 13.8 Å². The summed E-state index contributed by atoms with van der Waals surface area (Å²) < 4.78 is 0. The van der Waals surface area contributed by atoms with Crippen LogP contribution in [0.25, 0.3) is 0 Å². The van der Waals surface area contributed by atoms with E-state index in [2.05, 4.69) is 38.5 Å². The van der Waals surface area contributed by atoms with Crippen LogP contribution in [-0.2, 0) is 0 Å². The van der Waals surface area contributed by atoms with Gasteiger partial charge < -0.3 is 10.6 Å². The van der Waals surface area contributed by atoms with Gasteiger partial charge in [-0.2, -0.15) is 0 Å². The Morgan fingerprint density at radius 2 is 2.00 bits per heavy atom. The zero-order valence-electron chi connectivity index (χ0n) is 9.87. The van der Waals surface area contributed by atoms with Crippen molar-refractivity contribution in [3.63, 3.8) is 0 Å². The number of rotatable bonds is 7. The molecule has 0 aliphatic rings. The highest BCUT2D eigenvalue weighted by Crippen LogP contribution is 2.12. The quantitative estimate of drug-likeness (QED) is 0.649. The lowest BCUT2D eigenvalue weighted by molar-refractivity contribution is 0.358. The lowest BCUT2D eigenvalue weighted by Gasteiger charge is -2.22. The summed E-state index contributed by atoms with van der Waals surface area (Å²) in [5.41, 5.74) is 7.06. The second-order valence-electron chi connectivity index (χ2n) is 3.65. The highest BCUT2D eigenvalue weighted by atomic mass is 15.1. The molecule has 15 heavy (non-hydrogen) atoms. The molecule has 0 spiro atoms. The molecule has 0 saturated heterocycles. The molecule has 1 unspecified atom stereocenters. The van der Waals surface area contributed by atoms with Crippen LogP contribution in [0.1, 0.15) is 13.8 Å². The summed E-state index contributed by atoms with van der Waals surface area (Å²) in [7, 11) is 0. The summed E-state index contributed by atoms with van der Waals surface area (Å²) in [5, 5.41) is 0. The number of nitrogens with two attached hydrogens (primary N) is 1. The van der Waals surface area contributed by atoms with Crippen LogP contribution in [0.5, 0.6) is 0 Å². The Hall–Kier alpha value is -1.44. The van der Waals surface area contributed by atoms with Crippen molar-refractivity contribution in [1.82, 2.24) is 4.90 Å². The lowest BCUT2D eigenvalue weighted by atomic mass is 10.0. The zero-order chi connectivity index (χ0) is 11.8. The predicted molar refractivity (Wildman–Crippen MR) is 68.2 cm³/mol. The Kier molecular flexibility index (Phi) is 6.27. The first-order valence-electron chi connectivity index (χ1n) is 5.19. The number of nitrogens with zero attached hydrogens (tertiary/aromatic N) is 1. The number of hydrogen-bond acceptors (Lipinski definition) is 2. The molecule has 0 saturated carbocycles. The number of hydrogen-bond donors (Lipinski definition) is 1. The van der Waals surface area contributed by atoms with Gasteiger partial charge in [0.2, 0.25) is 0 Å². The van der Waals surface area contributed by atoms with Crippen molar-refractivity contribution in [1.29, 1.82) is 0 Å². The van der Waals surface area contributed by atoms with Gasteiger partial charge in [0.15, 0.2) is 0 Å². The minimum absolute atomic E-state index is 0.388. The molecule has 84 valence electrons. The van der Waals surface area contributed by atoms with Crippen molar-refractivity contribution >= 4 is 0 Å². The molecule has 0 heterocycles. The molecule has 0 amide bonds. The van der Waals surface area contributed by atoms with Crippen molar-refractivity contribution in [2.24, 2.45) is 11.7 Å². The maximum Gasteiger partial charge on any atom is 0.0241 e. The summed E-state index contributed by atoms with van der Waals surface area (Å²) in [6.07, 6.45) is 5.56. The van der Waals surface area contributed by atoms with Crippen LogP contribution in [0.3, 0.4) is 0 Å². The predicted octanol–water partition coefficient (Wildman–Crippen LogP) is 2.67. The first-order valence-corrected chi connectivity index (χ1v) is 5.19. The van der Waals surface area contributed by atoms with Crippen LogP contribution in [0, 0.1) is 5.92 Å². The third-order valence-electron chi connectivity index (χ3n) is 2.32. The van der Waals surface area contributed by atoms with Crippen LogP contribution < -0.4 is 5.73 Å². The fourth-order valence-corrected chi connectivity index (χ4v) is 1.18. The molecule has 0 aliphatic heterocycles. The SMILES string of the molecule is C=CN(CC)CC(C)C(=C)/C=C\C(=C)N. The van der Waals surface area contributed by atoms with Crippen LogP contribution in [-0.4, -0.2) is 18.0 Å². The largest absolute Gasteiger partial charge is 0.399 e. The van der Waals surface area contributed by atoms with Crippen molar-refractivity contribution in [3.05, 3.63) is 49.4 Å². The summed E-state index contributed by atoms with van der Waals surface area (Å²) in [6, 6.07) is 0. The molecule has 0 radical (unpaired) electrons. The average Bonchev–Trinajstić information content (AvgIpc) is 2.21. The topological polar surface area (TPSA) is 29.3 Å². The summed E-state index contributed by atoms with van der Waals surface area (Å²) in [5.74, 6) is 0.388. The van der Waals surface area contributed by atoms with Gasteiger partial charge in [-0.3, -0.25) is 0 Å². The van der Waals surface area contributed by atoms with E-state index in [0.717, 1.165) is 18.7 Å². The minimum atomic E-state index is 0.388. The Morgan fingerprint density at radius 3 is 2.40 bits per heavy atom. The van der Waals surface area contributed by atoms with Crippen LogP contribution in [0.15, 0.2) is 49.4 Å². The van der Waals surface area contributed by atoms with Gasteiger partial charge in [0, 0.05) is 18.8 Å². The Labute approximate surface area is 93.5 Å². The molecule has 0 rings (SSSR count). The molecule has 2 heteroatoms. The van der Waals surface area contributed by atoms with E-state index in [9.17, 15) is 0 Å². The van der Waals surface area contributed by atoms with Gasteiger partial charge in [-0.15, -0.1) is 0 Å². The van der Waals surface area contributed by atoms with Crippen molar-refractivity contribution < 1.29 is 0 Å². The van der Waals surface area contributed by atoms with Gasteiger partial charge in [0.05, 0.1) is 0 Å². The summed E-state index contributed by atoms with van der Waals surface area (Å²) in [6.45, 7) is 17.5. The van der Waals surface area contributed by atoms with E-state index >= 15 is 0 Å². The molecular formula is C13H22N2. The molecule has 0 fully saturated rings. The maximum atomic E-state index is 5.45. The van der Waals surface area contributed by atoms with E-state index in [1.165, 1.54) is 0 Å². The molecule has 0 aromatic rings. The second-order valence-corrected chi connectivity index (χ2v) is 3.65. The van der Waals surface area contributed by atoms with E-state index in [-0.39, 0.29) is 0 Å². The minimum Gasteiger partial charge on any atom is -0.399 e. The van der Waals surface area contributed by atoms with E-state index < -0.39 is 0 Å². The molecule has 0 aliphatic carbocycles. The second kappa shape index (κ2) is 6.93. The lowest BCUT2D eigenvalue weighted by Crippen LogP contribution is -2.23. The molecule has 2 N–H and O–H groups in total. The Morgan fingerprint density at radius 1 is 1.40 bits per heavy atom. The van der Waals surface area contributed by atoms with Gasteiger partial charge in [-0.25, -0.2) is 0 Å². The smallest absolute Gasteiger partial charge is 0.0241 e. The maximum absolute atomic E-state index is 5.45. The van der Waals surface area contributed by atoms with Gasteiger partial charge in [-0.1, -0.05) is 38.3 Å². The van der Waals surface area contributed by atoms with Crippen molar-refractivity contribution in [3.8, 4) is 0 Å². The molecular weight excluding hydrogens is 184 g/mol. The van der Waals surface area contributed by atoms with Crippen LogP contribution in [0.4, 0.5) is 0 Å². The van der Waals surface area contributed by atoms with Gasteiger partial charge in [0.25, 0.3) is 0 Å². The fraction of sp³-hybridized carbons (Fsp3) is 0.385. The number of allylic oxidation sites excluding steroid dienone is 2. The first-order chi connectivity index (χ1) is 7.01. The summed E-state index contributed by atoms with van der Waals surface area (Å²) >= 11 is 0. The normalized spacial score (nSPS) is 12.4. The van der Waals surface area contributed by atoms with Gasteiger partial charge in [-0.05, 0) is 25.1 Å². The first kappa shape index (κ1) is 13.6. The van der Waals surface area contributed by atoms with Gasteiger partial charge in [0.1, 0.15) is 0 Å². The third kappa shape index (κ3) is 5.78. The molecule has 0 aromatic heterocycles. The zero-order valence-corrected chi connectivity index (χ0v) is 9.87. The van der Waals surface area contributed by atoms with Crippen LogP contribution >= 0.6 is 0 Å². The van der Waals surface area contributed by atoms with Gasteiger partial charge >= 0.3 is 0 Å². The van der Waals surface area contributed by atoms with E-state index in [4.69, 9.17) is 5.73 Å². The molecule has 2 nitrogen and oxygen atoms in total. The van der Waals surface area contributed by atoms with Crippen molar-refractivity contribution in [2.75, 3.05) is 13.1 Å². The van der Waals surface area contributed by atoms with E-state index in [0.29, 0.717) is 11.6 Å². The Bertz CT molecular complexity index is 264. The third-order valence-corrected chi connectivity index (χ3v) is 2.32. The van der Waals surface area contributed by atoms with E-state index in [1.54, 1.807) is 6.08 Å².